The quantitative estimate of drug-likeness (QED) is 0.248. The van der Waals surface area contributed by atoms with Crippen molar-refractivity contribution in [2.24, 2.45) is 5.73 Å². The van der Waals surface area contributed by atoms with Crippen LogP contribution in [-0.2, 0) is 19.1 Å². The van der Waals surface area contributed by atoms with Gasteiger partial charge in [-0.3, -0.25) is 14.4 Å². The van der Waals surface area contributed by atoms with Gasteiger partial charge in [0.25, 0.3) is 5.91 Å². The summed E-state index contributed by atoms with van der Waals surface area (Å²) in [7, 11) is 1.55. The Hall–Kier alpha value is -4.34. The number of nitrogens with zero attached hydrogens (tertiary/aromatic N) is 1. The first-order valence-electron chi connectivity index (χ1n) is 14.1. The average Bonchev–Trinajstić information content (AvgIpc) is 2.93. The van der Waals surface area contributed by atoms with E-state index in [-0.39, 0.29) is 19.4 Å². The summed E-state index contributed by atoms with van der Waals surface area (Å²) in [5.41, 5.74) is 6.44. The topological polar surface area (TPSA) is 140 Å². The van der Waals surface area contributed by atoms with Crippen LogP contribution in [0.3, 0.4) is 0 Å². The number of hydrogen-bond donors (Lipinski definition) is 3. The highest BCUT2D eigenvalue weighted by atomic mass is 16.6. The van der Waals surface area contributed by atoms with Crippen molar-refractivity contribution in [3.8, 4) is 5.75 Å². The third-order valence-electron chi connectivity index (χ3n) is 6.33. The number of primary amides is 1. The Morgan fingerprint density at radius 3 is 2.33 bits per heavy atom. The fourth-order valence-electron chi connectivity index (χ4n) is 4.31. The van der Waals surface area contributed by atoms with Crippen LogP contribution in [0.15, 0.2) is 55.1 Å². The Balaban J connectivity index is 2.57. The average molecular weight is 581 g/mol. The second-order valence-corrected chi connectivity index (χ2v) is 10.9. The van der Waals surface area contributed by atoms with Crippen LogP contribution in [0, 0.1) is 0 Å². The first kappa shape index (κ1) is 33.9. The molecule has 2 aromatic carbocycles. The van der Waals surface area contributed by atoms with Gasteiger partial charge in [-0.2, -0.15) is 0 Å². The van der Waals surface area contributed by atoms with Crippen LogP contribution in [0.25, 0.3) is 6.08 Å². The second kappa shape index (κ2) is 16.2. The summed E-state index contributed by atoms with van der Waals surface area (Å²) < 4.78 is 10.6. The number of methoxy groups -OCH3 is 1. The largest absolute Gasteiger partial charge is 0.497 e. The van der Waals surface area contributed by atoms with Crippen LogP contribution in [0.1, 0.15) is 77.0 Å². The number of amides is 4. The van der Waals surface area contributed by atoms with E-state index in [0.29, 0.717) is 23.4 Å². The predicted octanol–water partition coefficient (Wildman–Crippen LogP) is 5.20. The van der Waals surface area contributed by atoms with Gasteiger partial charge in [-0.15, -0.1) is 0 Å². The SMILES string of the molecule is C=Cc1cccc(C(C(=O)Nc2ccc(OC)cc2)N(CCCCC)C(=O)C(CCC(N)=O)NC(=O)OC(C)(C)C)c1. The molecule has 42 heavy (non-hydrogen) atoms. The summed E-state index contributed by atoms with van der Waals surface area (Å²) >= 11 is 0. The van der Waals surface area contributed by atoms with Gasteiger partial charge in [0.1, 0.15) is 23.4 Å². The van der Waals surface area contributed by atoms with E-state index in [2.05, 4.69) is 17.2 Å². The highest BCUT2D eigenvalue weighted by Gasteiger charge is 2.36. The summed E-state index contributed by atoms with van der Waals surface area (Å²) in [6, 6.07) is 11.8. The third-order valence-corrected chi connectivity index (χ3v) is 6.33. The van der Waals surface area contributed by atoms with Crippen molar-refractivity contribution < 1.29 is 28.7 Å². The number of rotatable bonds is 15. The van der Waals surface area contributed by atoms with Gasteiger partial charge in [0, 0.05) is 18.7 Å². The van der Waals surface area contributed by atoms with Crippen molar-refractivity contribution in [1.82, 2.24) is 10.2 Å². The van der Waals surface area contributed by atoms with E-state index in [9.17, 15) is 19.2 Å². The van der Waals surface area contributed by atoms with E-state index in [0.717, 1.165) is 18.4 Å². The molecule has 0 heterocycles. The Bertz CT molecular complexity index is 1220. The third kappa shape index (κ3) is 10.9. The lowest BCUT2D eigenvalue weighted by atomic mass is 9.99. The Labute approximate surface area is 248 Å². The van der Waals surface area contributed by atoms with Crippen LogP contribution < -0.4 is 21.1 Å². The van der Waals surface area contributed by atoms with Crippen LogP contribution in [0.5, 0.6) is 5.75 Å². The van der Waals surface area contributed by atoms with Crippen molar-refractivity contribution >= 4 is 35.6 Å². The zero-order valence-electron chi connectivity index (χ0n) is 25.3. The van der Waals surface area contributed by atoms with Crippen molar-refractivity contribution in [2.45, 2.75) is 77.5 Å². The second-order valence-electron chi connectivity index (χ2n) is 10.9. The molecule has 0 aliphatic carbocycles. The minimum absolute atomic E-state index is 0.0583. The molecule has 10 heteroatoms. The van der Waals surface area contributed by atoms with E-state index >= 15 is 0 Å². The number of carbonyl (C=O) groups is 4. The maximum absolute atomic E-state index is 14.2. The molecule has 4 N–H and O–H groups in total. The monoisotopic (exact) mass is 580 g/mol. The van der Waals surface area contributed by atoms with E-state index in [4.69, 9.17) is 15.2 Å². The normalized spacial score (nSPS) is 12.4. The molecule has 0 saturated carbocycles. The molecule has 2 unspecified atom stereocenters. The molecule has 2 rings (SSSR count). The zero-order valence-corrected chi connectivity index (χ0v) is 25.3. The van der Waals surface area contributed by atoms with Gasteiger partial charge in [-0.25, -0.2) is 4.79 Å². The zero-order chi connectivity index (χ0) is 31.3. The van der Waals surface area contributed by atoms with Gasteiger partial charge in [-0.05, 0) is 75.1 Å². The van der Waals surface area contributed by atoms with E-state index in [1.807, 2.05) is 13.0 Å². The Kier molecular flexibility index (Phi) is 13.1. The Morgan fingerprint density at radius 1 is 1.07 bits per heavy atom. The number of benzene rings is 2. The summed E-state index contributed by atoms with van der Waals surface area (Å²) in [4.78, 5) is 54.1. The minimum Gasteiger partial charge on any atom is -0.497 e. The van der Waals surface area contributed by atoms with Crippen LogP contribution in [0.4, 0.5) is 10.5 Å². The molecule has 0 spiro atoms. The van der Waals surface area contributed by atoms with E-state index in [1.165, 1.54) is 4.90 Å². The number of nitrogens with two attached hydrogens (primary N) is 1. The molecule has 4 amide bonds. The van der Waals surface area contributed by atoms with Gasteiger partial charge in [0.05, 0.1) is 7.11 Å². The highest BCUT2D eigenvalue weighted by Crippen LogP contribution is 2.27. The van der Waals surface area contributed by atoms with Crippen molar-refractivity contribution in [3.63, 3.8) is 0 Å². The minimum atomic E-state index is -1.16. The van der Waals surface area contributed by atoms with Gasteiger partial charge in [-0.1, -0.05) is 50.6 Å². The van der Waals surface area contributed by atoms with Gasteiger partial charge >= 0.3 is 6.09 Å². The first-order valence-corrected chi connectivity index (χ1v) is 14.1. The summed E-state index contributed by atoms with van der Waals surface area (Å²) in [6.07, 6.45) is 2.95. The van der Waals surface area contributed by atoms with Gasteiger partial charge in [0.2, 0.25) is 11.8 Å². The molecule has 2 atom stereocenters. The number of carbonyl (C=O) groups excluding carboxylic acids is 4. The van der Waals surface area contributed by atoms with Gasteiger partial charge < -0.3 is 30.7 Å². The summed E-state index contributed by atoms with van der Waals surface area (Å²) in [6.45, 7) is 11.2. The molecule has 0 aliphatic heterocycles. The van der Waals surface area contributed by atoms with Crippen molar-refractivity contribution in [1.29, 1.82) is 0 Å². The van der Waals surface area contributed by atoms with E-state index < -0.39 is 41.5 Å². The lowest BCUT2D eigenvalue weighted by Crippen LogP contribution is -2.52. The van der Waals surface area contributed by atoms with Crippen LogP contribution in [-0.4, -0.2) is 54.0 Å². The lowest BCUT2D eigenvalue weighted by molar-refractivity contribution is -0.141. The maximum Gasteiger partial charge on any atom is 0.408 e. The number of hydrogen-bond acceptors (Lipinski definition) is 6. The van der Waals surface area contributed by atoms with E-state index in [1.54, 1.807) is 76.4 Å². The number of anilines is 1. The molecule has 0 fully saturated rings. The molecule has 228 valence electrons. The molecule has 0 radical (unpaired) electrons. The standard InChI is InChI=1S/C32H44N4O6/c1-7-9-10-20-36(30(39)26(18-19-27(33)37)35-31(40)42-32(3,4)5)28(23-13-11-12-22(8-2)21-23)29(38)34-24-14-16-25(41-6)17-15-24/h8,11-17,21,26,28H,2,7,9-10,18-20H2,1,3-6H3,(H2,33,37)(H,34,38)(H,35,40). The molecule has 2 aromatic rings. The van der Waals surface area contributed by atoms with Crippen LogP contribution >= 0.6 is 0 Å². The molecule has 0 aromatic heterocycles. The number of unbranched alkanes of at least 4 members (excludes halogenated alkanes) is 2. The highest BCUT2D eigenvalue weighted by molar-refractivity contribution is 5.99. The van der Waals surface area contributed by atoms with Crippen LogP contribution in [0.2, 0.25) is 0 Å². The van der Waals surface area contributed by atoms with Gasteiger partial charge in [0.15, 0.2) is 0 Å². The smallest absolute Gasteiger partial charge is 0.408 e. The first-order chi connectivity index (χ1) is 19.9. The fourth-order valence-corrected chi connectivity index (χ4v) is 4.31. The molecular weight excluding hydrogens is 536 g/mol. The predicted molar refractivity (Wildman–Crippen MR) is 164 cm³/mol. The van der Waals surface area contributed by atoms with Crippen molar-refractivity contribution in [2.75, 3.05) is 19.0 Å². The lowest BCUT2D eigenvalue weighted by Gasteiger charge is -2.34. The Morgan fingerprint density at radius 2 is 1.76 bits per heavy atom. The molecule has 0 bridgehead atoms. The fraction of sp³-hybridized carbons (Fsp3) is 0.438. The maximum atomic E-state index is 14.2. The summed E-state index contributed by atoms with van der Waals surface area (Å²) in [5, 5.41) is 5.52. The summed E-state index contributed by atoms with van der Waals surface area (Å²) in [5.74, 6) is -0.969. The molecular formula is C32H44N4O6. The molecule has 0 aliphatic rings. The van der Waals surface area contributed by atoms with Crippen molar-refractivity contribution in [3.05, 3.63) is 66.2 Å². The molecule has 10 nitrogen and oxygen atoms in total. The molecule has 0 saturated heterocycles. The number of nitrogens with one attached hydrogen (secondary N) is 2. The number of ether oxygens (including phenoxy) is 2. The number of alkyl carbamates (subject to hydrolysis) is 1.